The van der Waals surface area contributed by atoms with Crippen molar-refractivity contribution in [1.29, 1.82) is 0 Å². The van der Waals surface area contributed by atoms with Crippen molar-refractivity contribution in [2.45, 2.75) is 12.3 Å². The van der Waals surface area contributed by atoms with E-state index >= 15 is 0 Å². The minimum atomic E-state index is -0.207. The van der Waals surface area contributed by atoms with Crippen LogP contribution in [0.2, 0.25) is 0 Å². The molecular formula is C16H16Br2FN. The molecule has 0 aliphatic carbocycles. The van der Waals surface area contributed by atoms with Gasteiger partial charge in [-0.15, -0.1) is 0 Å². The Bertz CT molecular complexity index is 569. The van der Waals surface area contributed by atoms with Gasteiger partial charge in [-0.2, -0.15) is 0 Å². The van der Waals surface area contributed by atoms with Crippen LogP contribution in [0.1, 0.15) is 17.0 Å². The molecular weight excluding hydrogens is 385 g/mol. The molecule has 0 fully saturated rings. The number of rotatable bonds is 5. The van der Waals surface area contributed by atoms with E-state index in [0.717, 1.165) is 23.0 Å². The van der Waals surface area contributed by atoms with Gasteiger partial charge in [0.05, 0.1) is 4.47 Å². The molecule has 1 N–H and O–H groups in total. The Morgan fingerprint density at radius 2 is 1.80 bits per heavy atom. The van der Waals surface area contributed by atoms with Gasteiger partial charge in [0.2, 0.25) is 0 Å². The van der Waals surface area contributed by atoms with Crippen molar-refractivity contribution in [3.8, 4) is 0 Å². The van der Waals surface area contributed by atoms with Crippen LogP contribution in [0.25, 0.3) is 0 Å². The number of hydrogen-bond acceptors (Lipinski definition) is 1. The third-order valence-electron chi connectivity index (χ3n) is 3.29. The fourth-order valence-corrected chi connectivity index (χ4v) is 2.95. The lowest BCUT2D eigenvalue weighted by Gasteiger charge is -2.18. The molecule has 0 aliphatic heterocycles. The lowest BCUT2D eigenvalue weighted by atomic mass is 9.92. The van der Waals surface area contributed by atoms with Gasteiger partial charge in [0.1, 0.15) is 5.82 Å². The van der Waals surface area contributed by atoms with Crippen molar-refractivity contribution >= 4 is 31.9 Å². The van der Waals surface area contributed by atoms with E-state index < -0.39 is 0 Å². The molecule has 0 bridgehead atoms. The van der Waals surface area contributed by atoms with E-state index in [-0.39, 0.29) is 5.82 Å². The summed E-state index contributed by atoms with van der Waals surface area (Å²) in [5.74, 6) is 0.104. The van der Waals surface area contributed by atoms with Crippen molar-refractivity contribution in [3.05, 3.63) is 68.4 Å². The molecule has 0 aromatic heterocycles. The van der Waals surface area contributed by atoms with Crippen LogP contribution in [0, 0.1) is 5.82 Å². The second-order valence-corrected chi connectivity index (χ2v) is 6.43. The molecule has 0 amide bonds. The van der Waals surface area contributed by atoms with Gasteiger partial charge in [0, 0.05) is 16.9 Å². The zero-order valence-electron chi connectivity index (χ0n) is 11.2. The average Bonchev–Trinajstić information content (AvgIpc) is 2.44. The summed E-state index contributed by atoms with van der Waals surface area (Å²) in [5, 5.41) is 3.21. The second-order valence-electron chi connectivity index (χ2n) is 4.72. The Hall–Kier alpha value is -0.710. The van der Waals surface area contributed by atoms with Crippen molar-refractivity contribution < 1.29 is 4.39 Å². The molecule has 20 heavy (non-hydrogen) atoms. The first-order valence-corrected chi connectivity index (χ1v) is 8.03. The Morgan fingerprint density at radius 1 is 1.10 bits per heavy atom. The maximum atomic E-state index is 13.6. The SMILES string of the molecule is CNCC(Cc1cccc(F)c1Br)c1ccc(Br)cc1. The van der Waals surface area contributed by atoms with Gasteiger partial charge in [-0.1, -0.05) is 40.2 Å². The smallest absolute Gasteiger partial charge is 0.137 e. The molecule has 0 heterocycles. The normalized spacial score (nSPS) is 12.4. The van der Waals surface area contributed by atoms with Crippen molar-refractivity contribution in [2.75, 3.05) is 13.6 Å². The summed E-state index contributed by atoms with van der Waals surface area (Å²) in [6, 6.07) is 13.5. The molecule has 1 unspecified atom stereocenters. The standard InChI is InChI=1S/C16H16Br2FN/c1-20-10-13(11-5-7-14(17)8-6-11)9-12-3-2-4-15(19)16(12)18/h2-8,13,20H,9-10H2,1H3. The number of nitrogens with one attached hydrogen (secondary N) is 1. The van der Waals surface area contributed by atoms with Gasteiger partial charge in [-0.3, -0.25) is 0 Å². The summed E-state index contributed by atoms with van der Waals surface area (Å²) >= 11 is 6.79. The van der Waals surface area contributed by atoms with Crippen LogP contribution in [0.4, 0.5) is 4.39 Å². The highest BCUT2D eigenvalue weighted by Crippen LogP contribution is 2.27. The highest BCUT2D eigenvalue weighted by atomic mass is 79.9. The number of halogens is 3. The molecule has 1 nitrogen and oxygen atoms in total. The topological polar surface area (TPSA) is 12.0 Å². The fourth-order valence-electron chi connectivity index (χ4n) is 2.26. The largest absolute Gasteiger partial charge is 0.319 e. The predicted molar refractivity (Wildman–Crippen MR) is 88.6 cm³/mol. The number of hydrogen-bond donors (Lipinski definition) is 1. The summed E-state index contributed by atoms with van der Waals surface area (Å²) < 4.78 is 15.2. The Morgan fingerprint density at radius 3 is 2.45 bits per heavy atom. The lowest BCUT2D eigenvalue weighted by molar-refractivity contribution is 0.602. The van der Waals surface area contributed by atoms with Crippen LogP contribution in [0.15, 0.2) is 51.4 Å². The maximum absolute atomic E-state index is 13.6. The molecule has 0 saturated heterocycles. The third kappa shape index (κ3) is 3.90. The van der Waals surface area contributed by atoms with Gasteiger partial charge in [0.15, 0.2) is 0 Å². The highest BCUT2D eigenvalue weighted by molar-refractivity contribution is 9.10. The summed E-state index contributed by atoms with van der Waals surface area (Å²) in [6.07, 6.45) is 0.792. The van der Waals surface area contributed by atoms with E-state index in [1.165, 1.54) is 11.6 Å². The summed E-state index contributed by atoms with van der Waals surface area (Å²) in [5.41, 5.74) is 2.24. The predicted octanol–water partition coefficient (Wildman–Crippen LogP) is 4.90. The van der Waals surface area contributed by atoms with E-state index in [4.69, 9.17) is 0 Å². The second kappa shape index (κ2) is 7.34. The van der Waals surface area contributed by atoms with Crippen molar-refractivity contribution in [1.82, 2.24) is 5.32 Å². The average molecular weight is 401 g/mol. The maximum Gasteiger partial charge on any atom is 0.137 e. The van der Waals surface area contributed by atoms with Crippen LogP contribution in [-0.2, 0) is 6.42 Å². The van der Waals surface area contributed by atoms with Gasteiger partial charge in [-0.25, -0.2) is 4.39 Å². The van der Waals surface area contributed by atoms with Gasteiger partial charge in [-0.05, 0) is 58.7 Å². The van der Waals surface area contributed by atoms with Crippen LogP contribution in [0.3, 0.4) is 0 Å². The van der Waals surface area contributed by atoms with Gasteiger partial charge in [0.25, 0.3) is 0 Å². The molecule has 0 aliphatic rings. The molecule has 0 spiro atoms. The molecule has 1 atom stereocenters. The van der Waals surface area contributed by atoms with E-state index in [0.29, 0.717) is 10.4 Å². The number of likely N-dealkylation sites (N-methyl/N-ethyl adjacent to an activating group) is 1. The zero-order chi connectivity index (χ0) is 14.5. The van der Waals surface area contributed by atoms with E-state index in [1.54, 1.807) is 6.07 Å². The molecule has 2 aromatic carbocycles. The minimum Gasteiger partial charge on any atom is -0.319 e. The van der Waals surface area contributed by atoms with Gasteiger partial charge < -0.3 is 5.32 Å². The van der Waals surface area contributed by atoms with Crippen LogP contribution < -0.4 is 5.32 Å². The Balaban J connectivity index is 2.25. The van der Waals surface area contributed by atoms with Crippen molar-refractivity contribution in [2.24, 2.45) is 0 Å². The van der Waals surface area contributed by atoms with E-state index in [1.807, 2.05) is 25.2 Å². The van der Waals surface area contributed by atoms with Crippen molar-refractivity contribution in [3.63, 3.8) is 0 Å². The third-order valence-corrected chi connectivity index (χ3v) is 4.71. The first-order chi connectivity index (χ1) is 9.61. The Labute approximate surface area is 135 Å². The minimum absolute atomic E-state index is 0.207. The fraction of sp³-hybridized carbons (Fsp3) is 0.250. The molecule has 106 valence electrons. The molecule has 4 heteroatoms. The van der Waals surface area contributed by atoms with E-state index in [9.17, 15) is 4.39 Å². The van der Waals surface area contributed by atoms with Crippen LogP contribution in [0.5, 0.6) is 0 Å². The molecule has 2 rings (SSSR count). The first-order valence-electron chi connectivity index (χ1n) is 6.44. The molecule has 0 saturated carbocycles. The summed E-state index contributed by atoms with van der Waals surface area (Å²) in [4.78, 5) is 0. The first kappa shape index (κ1) is 15.7. The van der Waals surface area contributed by atoms with Crippen LogP contribution in [-0.4, -0.2) is 13.6 Å². The molecule has 2 aromatic rings. The number of benzene rings is 2. The zero-order valence-corrected chi connectivity index (χ0v) is 14.3. The Kier molecular flexibility index (Phi) is 5.75. The highest BCUT2D eigenvalue weighted by Gasteiger charge is 2.14. The van der Waals surface area contributed by atoms with Crippen LogP contribution >= 0.6 is 31.9 Å². The van der Waals surface area contributed by atoms with Gasteiger partial charge >= 0.3 is 0 Å². The van der Waals surface area contributed by atoms with E-state index in [2.05, 4.69) is 49.3 Å². The molecule has 0 radical (unpaired) electrons. The monoisotopic (exact) mass is 399 g/mol. The quantitative estimate of drug-likeness (QED) is 0.752. The summed E-state index contributed by atoms with van der Waals surface area (Å²) in [6.45, 7) is 0.852. The lowest BCUT2D eigenvalue weighted by Crippen LogP contribution is -2.19. The summed E-state index contributed by atoms with van der Waals surface area (Å²) in [7, 11) is 1.94.